The number of pyridine rings is 1. The number of furan rings is 1. The number of nitrogens with zero attached hydrogens (tertiary/aromatic N) is 1. The number of nitrogens with two attached hydrogens (primary N) is 1. The summed E-state index contributed by atoms with van der Waals surface area (Å²) in [6, 6.07) is 11.5. The molecule has 3 nitrogen and oxygen atoms in total. The van der Waals surface area contributed by atoms with Crippen LogP contribution in [0.1, 0.15) is 22.9 Å². The zero-order chi connectivity index (χ0) is 13.4. The largest absolute Gasteiger partial charge is 0.453 e. The second-order valence-electron chi connectivity index (χ2n) is 4.53. The van der Waals surface area contributed by atoms with Crippen molar-refractivity contribution in [3.8, 4) is 0 Å². The van der Waals surface area contributed by atoms with Crippen molar-refractivity contribution >= 4 is 22.5 Å². The Labute approximate surface area is 116 Å². The summed E-state index contributed by atoms with van der Waals surface area (Å²) in [5, 5.41) is 1.41. The topological polar surface area (TPSA) is 52.0 Å². The lowest BCUT2D eigenvalue weighted by Gasteiger charge is -2.11. The Kier molecular flexibility index (Phi) is 3.01. The van der Waals surface area contributed by atoms with Crippen molar-refractivity contribution < 1.29 is 4.42 Å². The normalized spacial score (nSPS) is 12.8. The summed E-state index contributed by atoms with van der Waals surface area (Å²) in [5.41, 5.74) is 9.97. The predicted molar refractivity (Wildman–Crippen MR) is 76.2 cm³/mol. The molecule has 1 aromatic carbocycles. The Hall–Kier alpha value is -1.84. The molecule has 4 heteroatoms. The molecule has 19 heavy (non-hydrogen) atoms. The van der Waals surface area contributed by atoms with Crippen LogP contribution in [0.5, 0.6) is 0 Å². The van der Waals surface area contributed by atoms with Gasteiger partial charge in [-0.25, -0.2) is 0 Å². The molecule has 1 unspecified atom stereocenters. The van der Waals surface area contributed by atoms with Gasteiger partial charge in [0.05, 0.1) is 17.8 Å². The fourth-order valence-electron chi connectivity index (χ4n) is 2.15. The van der Waals surface area contributed by atoms with E-state index >= 15 is 0 Å². The first-order valence-electron chi connectivity index (χ1n) is 6.01. The zero-order valence-electron chi connectivity index (χ0n) is 10.4. The second kappa shape index (κ2) is 4.68. The Morgan fingerprint density at radius 1 is 1.21 bits per heavy atom. The molecule has 1 atom stereocenters. The molecule has 0 spiro atoms. The molecule has 2 heterocycles. The van der Waals surface area contributed by atoms with Crippen LogP contribution in [0, 0.1) is 6.92 Å². The van der Waals surface area contributed by atoms with E-state index in [9.17, 15) is 0 Å². The highest BCUT2D eigenvalue weighted by atomic mass is 35.5. The average molecular weight is 273 g/mol. The van der Waals surface area contributed by atoms with Gasteiger partial charge in [0.2, 0.25) is 0 Å². The van der Waals surface area contributed by atoms with Gasteiger partial charge in [-0.15, -0.1) is 0 Å². The van der Waals surface area contributed by atoms with Crippen molar-refractivity contribution in [3.05, 3.63) is 64.7 Å². The van der Waals surface area contributed by atoms with Crippen LogP contribution in [0.2, 0.25) is 5.22 Å². The van der Waals surface area contributed by atoms with Gasteiger partial charge in [0, 0.05) is 16.6 Å². The Bertz CT molecular complexity index is 736. The first-order valence-corrected chi connectivity index (χ1v) is 6.39. The average Bonchev–Trinajstić information content (AvgIpc) is 2.83. The standard InChI is InChI=1S/C15H13ClN2O/c1-9-2-3-10-8-11(4-5-13(10)18-9)14(17)12-6-7-19-15(12)16/h2-8,14H,17H2,1H3. The third-order valence-corrected chi connectivity index (χ3v) is 3.50. The second-order valence-corrected chi connectivity index (χ2v) is 4.88. The zero-order valence-corrected chi connectivity index (χ0v) is 11.2. The maximum atomic E-state index is 6.22. The lowest BCUT2D eigenvalue weighted by atomic mass is 10.0. The number of hydrogen-bond acceptors (Lipinski definition) is 3. The first-order chi connectivity index (χ1) is 9.15. The number of halogens is 1. The predicted octanol–water partition coefficient (Wildman–Crippen LogP) is 3.84. The molecular weight excluding hydrogens is 260 g/mol. The van der Waals surface area contributed by atoms with Crippen molar-refractivity contribution in [2.24, 2.45) is 5.73 Å². The minimum absolute atomic E-state index is 0.294. The van der Waals surface area contributed by atoms with Crippen molar-refractivity contribution in [1.82, 2.24) is 4.98 Å². The van der Waals surface area contributed by atoms with Crippen molar-refractivity contribution in [1.29, 1.82) is 0 Å². The van der Waals surface area contributed by atoms with Crippen LogP contribution in [0.25, 0.3) is 10.9 Å². The maximum Gasteiger partial charge on any atom is 0.198 e. The van der Waals surface area contributed by atoms with E-state index in [0.29, 0.717) is 5.22 Å². The van der Waals surface area contributed by atoms with E-state index < -0.39 is 0 Å². The monoisotopic (exact) mass is 272 g/mol. The molecule has 0 saturated heterocycles. The minimum atomic E-state index is -0.294. The van der Waals surface area contributed by atoms with E-state index in [-0.39, 0.29) is 6.04 Å². The van der Waals surface area contributed by atoms with Crippen molar-refractivity contribution in [3.63, 3.8) is 0 Å². The molecule has 96 valence electrons. The van der Waals surface area contributed by atoms with E-state index in [2.05, 4.69) is 4.98 Å². The van der Waals surface area contributed by atoms with Crippen molar-refractivity contribution in [2.45, 2.75) is 13.0 Å². The van der Waals surface area contributed by atoms with E-state index in [0.717, 1.165) is 27.7 Å². The van der Waals surface area contributed by atoms with Gasteiger partial charge in [0.1, 0.15) is 0 Å². The molecule has 0 saturated carbocycles. The van der Waals surface area contributed by atoms with Gasteiger partial charge in [-0.1, -0.05) is 12.1 Å². The van der Waals surface area contributed by atoms with Crippen LogP contribution in [-0.2, 0) is 0 Å². The summed E-state index contributed by atoms with van der Waals surface area (Å²) >= 11 is 5.96. The van der Waals surface area contributed by atoms with Gasteiger partial charge in [-0.3, -0.25) is 4.98 Å². The molecular formula is C15H13ClN2O. The third kappa shape index (κ3) is 2.23. The van der Waals surface area contributed by atoms with Crippen LogP contribution in [0.4, 0.5) is 0 Å². The molecule has 0 radical (unpaired) electrons. The molecule has 0 bridgehead atoms. The van der Waals surface area contributed by atoms with E-state index in [1.54, 1.807) is 12.3 Å². The number of rotatable bonds is 2. The van der Waals surface area contributed by atoms with Crippen LogP contribution in [0.3, 0.4) is 0 Å². The Morgan fingerprint density at radius 2 is 2.05 bits per heavy atom. The molecule has 0 aliphatic heterocycles. The number of benzene rings is 1. The molecule has 2 N–H and O–H groups in total. The smallest absolute Gasteiger partial charge is 0.198 e. The van der Waals surface area contributed by atoms with Crippen LogP contribution in [0.15, 0.2) is 47.1 Å². The number of aryl methyl sites for hydroxylation is 1. The van der Waals surface area contributed by atoms with Crippen LogP contribution >= 0.6 is 11.6 Å². The fraction of sp³-hybridized carbons (Fsp3) is 0.133. The Morgan fingerprint density at radius 3 is 2.79 bits per heavy atom. The highest BCUT2D eigenvalue weighted by Gasteiger charge is 2.15. The summed E-state index contributed by atoms with van der Waals surface area (Å²) in [7, 11) is 0. The maximum absolute atomic E-state index is 6.22. The van der Waals surface area contributed by atoms with Gasteiger partial charge >= 0.3 is 0 Å². The summed E-state index contributed by atoms with van der Waals surface area (Å²) in [6.07, 6.45) is 1.55. The molecule has 0 fully saturated rings. The molecule has 0 aliphatic carbocycles. The van der Waals surface area contributed by atoms with Gasteiger partial charge in [-0.2, -0.15) is 0 Å². The number of fused-ring (bicyclic) bond motifs is 1. The Balaban J connectivity index is 2.06. The molecule has 3 rings (SSSR count). The minimum Gasteiger partial charge on any atom is -0.453 e. The van der Waals surface area contributed by atoms with Crippen LogP contribution < -0.4 is 5.73 Å². The fourth-order valence-corrected chi connectivity index (χ4v) is 2.38. The molecule has 0 amide bonds. The summed E-state index contributed by atoms with van der Waals surface area (Å²) in [4.78, 5) is 4.47. The van der Waals surface area contributed by atoms with E-state index in [1.807, 2.05) is 37.3 Å². The first kappa shape index (κ1) is 12.2. The lowest BCUT2D eigenvalue weighted by molar-refractivity contribution is 0.564. The van der Waals surface area contributed by atoms with Gasteiger partial charge in [0.25, 0.3) is 0 Å². The van der Waals surface area contributed by atoms with Gasteiger partial charge in [-0.05, 0) is 48.4 Å². The van der Waals surface area contributed by atoms with Gasteiger partial charge < -0.3 is 10.2 Å². The van der Waals surface area contributed by atoms with E-state index in [4.69, 9.17) is 21.8 Å². The molecule has 0 aliphatic rings. The highest BCUT2D eigenvalue weighted by molar-refractivity contribution is 6.29. The van der Waals surface area contributed by atoms with Crippen LogP contribution in [-0.4, -0.2) is 4.98 Å². The summed E-state index contributed by atoms with van der Waals surface area (Å²) < 4.78 is 5.08. The third-order valence-electron chi connectivity index (χ3n) is 3.19. The lowest BCUT2D eigenvalue weighted by Crippen LogP contribution is -2.11. The quantitative estimate of drug-likeness (QED) is 0.771. The summed E-state index contributed by atoms with van der Waals surface area (Å²) in [5.74, 6) is 0. The van der Waals surface area contributed by atoms with Crippen molar-refractivity contribution in [2.75, 3.05) is 0 Å². The molecule has 2 aromatic heterocycles. The number of aromatic nitrogens is 1. The summed E-state index contributed by atoms with van der Waals surface area (Å²) in [6.45, 7) is 1.98. The van der Waals surface area contributed by atoms with Gasteiger partial charge in [0.15, 0.2) is 5.22 Å². The highest BCUT2D eigenvalue weighted by Crippen LogP contribution is 2.28. The number of hydrogen-bond donors (Lipinski definition) is 1. The molecule has 3 aromatic rings. The van der Waals surface area contributed by atoms with E-state index in [1.165, 1.54) is 0 Å². The SMILES string of the molecule is Cc1ccc2cc(C(N)c3ccoc3Cl)ccc2n1.